The standard InChI is InChI=1S/C18H16N4O4/c1-11(15-21-22-16(26-15)12-6-3-2-4-7-12)25-17(23)13-8-5-9-14(10-13)20-18(19)24/h2-11H,1H3,(H3,19,20,24)/t11-/m1/s1. The van der Waals surface area contributed by atoms with Crippen LogP contribution in [0.1, 0.15) is 29.3 Å². The summed E-state index contributed by atoms with van der Waals surface area (Å²) in [6.07, 6.45) is -0.736. The van der Waals surface area contributed by atoms with Gasteiger partial charge in [-0.3, -0.25) is 0 Å². The van der Waals surface area contributed by atoms with Gasteiger partial charge in [-0.15, -0.1) is 10.2 Å². The van der Waals surface area contributed by atoms with Crippen LogP contribution < -0.4 is 11.1 Å². The zero-order chi connectivity index (χ0) is 18.5. The molecule has 0 saturated heterocycles. The molecule has 2 aromatic carbocycles. The number of nitrogens with one attached hydrogen (secondary N) is 1. The van der Waals surface area contributed by atoms with E-state index >= 15 is 0 Å². The molecule has 1 aromatic heterocycles. The van der Waals surface area contributed by atoms with Gasteiger partial charge in [0.25, 0.3) is 5.89 Å². The second kappa shape index (κ2) is 7.47. The third kappa shape index (κ3) is 4.04. The minimum Gasteiger partial charge on any atom is -0.449 e. The number of nitrogens with two attached hydrogens (primary N) is 1. The molecule has 1 atom stereocenters. The number of primary amides is 1. The minimum absolute atomic E-state index is 0.184. The largest absolute Gasteiger partial charge is 0.449 e. The van der Waals surface area contributed by atoms with Gasteiger partial charge in [0.2, 0.25) is 5.89 Å². The lowest BCUT2D eigenvalue weighted by molar-refractivity contribution is 0.0280. The Balaban J connectivity index is 1.70. The average molecular weight is 352 g/mol. The summed E-state index contributed by atoms with van der Waals surface area (Å²) in [4.78, 5) is 23.2. The molecular formula is C18H16N4O4. The number of hydrogen-bond donors (Lipinski definition) is 2. The number of nitrogens with zero attached hydrogens (tertiary/aromatic N) is 2. The first-order chi connectivity index (χ1) is 12.5. The van der Waals surface area contributed by atoms with E-state index in [1.54, 1.807) is 25.1 Å². The van der Waals surface area contributed by atoms with Gasteiger partial charge in [0.1, 0.15) is 0 Å². The van der Waals surface area contributed by atoms with Gasteiger partial charge in [-0.2, -0.15) is 0 Å². The summed E-state index contributed by atoms with van der Waals surface area (Å²) >= 11 is 0. The van der Waals surface area contributed by atoms with Crippen molar-refractivity contribution in [3.05, 3.63) is 66.1 Å². The maximum absolute atomic E-state index is 12.3. The zero-order valence-electron chi connectivity index (χ0n) is 13.9. The van der Waals surface area contributed by atoms with E-state index in [0.717, 1.165) is 5.56 Å². The van der Waals surface area contributed by atoms with Gasteiger partial charge in [0.05, 0.1) is 5.56 Å². The molecule has 0 unspecified atom stereocenters. The molecule has 0 bridgehead atoms. The summed E-state index contributed by atoms with van der Waals surface area (Å²) in [5, 5.41) is 10.3. The van der Waals surface area contributed by atoms with Crippen LogP contribution in [0.25, 0.3) is 11.5 Å². The van der Waals surface area contributed by atoms with Gasteiger partial charge in [0, 0.05) is 11.3 Å². The van der Waals surface area contributed by atoms with Crippen molar-refractivity contribution in [2.75, 3.05) is 5.32 Å². The van der Waals surface area contributed by atoms with E-state index in [1.165, 1.54) is 6.07 Å². The van der Waals surface area contributed by atoms with Crippen molar-refractivity contribution in [1.29, 1.82) is 0 Å². The molecule has 0 aliphatic rings. The highest BCUT2D eigenvalue weighted by Crippen LogP contribution is 2.23. The number of aromatic nitrogens is 2. The molecule has 0 spiro atoms. The molecule has 26 heavy (non-hydrogen) atoms. The molecule has 132 valence electrons. The van der Waals surface area contributed by atoms with E-state index in [4.69, 9.17) is 14.9 Å². The molecule has 0 radical (unpaired) electrons. The summed E-state index contributed by atoms with van der Waals surface area (Å²) in [6, 6.07) is 14.8. The molecule has 8 heteroatoms. The molecule has 0 saturated carbocycles. The van der Waals surface area contributed by atoms with Crippen LogP contribution >= 0.6 is 0 Å². The monoisotopic (exact) mass is 352 g/mol. The number of esters is 1. The lowest BCUT2D eigenvalue weighted by Gasteiger charge is -2.10. The van der Waals surface area contributed by atoms with Crippen LogP contribution in [-0.4, -0.2) is 22.2 Å². The number of anilines is 1. The number of hydrogen-bond acceptors (Lipinski definition) is 6. The number of ether oxygens (including phenoxy) is 1. The summed E-state index contributed by atoms with van der Waals surface area (Å²) in [7, 11) is 0. The van der Waals surface area contributed by atoms with Crippen molar-refractivity contribution in [3.8, 4) is 11.5 Å². The van der Waals surface area contributed by atoms with E-state index in [1.807, 2.05) is 30.3 Å². The Kier molecular flexibility index (Phi) is 4.93. The SMILES string of the molecule is C[C@@H](OC(=O)c1cccc(NC(N)=O)c1)c1nnc(-c2ccccc2)o1. The van der Waals surface area contributed by atoms with E-state index in [9.17, 15) is 9.59 Å². The highest BCUT2D eigenvalue weighted by molar-refractivity contribution is 5.93. The Bertz CT molecular complexity index is 924. The Morgan fingerprint density at radius 3 is 2.62 bits per heavy atom. The number of rotatable bonds is 5. The van der Waals surface area contributed by atoms with Crippen LogP contribution in [0.4, 0.5) is 10.5 Å². The predicted octanol–water partition coefficient (Wildman–Crippen LogP) is 3.15. The fraction of sp³-hybridized carbons (Fsp3) is 0.111. The van der Waals surface area contributed by atoms with Gasteiger partial charge in [-0.25, -0.2) is 9.59 Å². The first-order valence-electron chi connectivity index (χ1n) is 7.79. The Morgan fingerprint density at radius 1 is 1.12 bits per heavy atom. The van der Waals surface area contributed by atoms with E-state index in [2.05, 4.69) is 15.5 Å². The number of amides is 2. The smallest absolute Gasteiger partial charge is 0.338 e. The Hall–Kier alpha value is -3.68. The van der Waals surface area contributed by atoms with Crippen molar-refractivity contribution in [3.63, 3.8) is 0 Å². The van der Waals surface area contributed by atoms with Crippen LogP contribution in [-0.2, 0) is 4.74 Å². The van der Waals surface area contributed by atoms with Gasteiger partial charge < -0.3 is 20.2 Å². The molecule has 8 nitrogen and oxygen atoms in total. The Morgan fingerprint density at radius 2 is 1.88 bits per heavy atom. The normalized spacial score (nSPS) is 11.6. The lowest BCUT2D eigenvalue weighted by atomic mass is 10.2. The fourth-order valence-electron chi connectivity index (χ4n) is 2.24. The van der Waals surface area contributed by atoms with E-state index < -0.39 is 18.1 Å². The van der Waals surface area contributed by atoms with Crippen LogP contribution in [0.2, 0.25) is 0 Å². The molecule has 0 aliphatic carbocycles. The molecule has 0 aliphatic heterocycles. The molecule has 1 heterocycles. The summed E-state index contributed by atoms with van der Waals surface area (Å²) < 4.78 is 10.9. The van der Waals surface area contributed by atoms with Crippen LogP contribution in [0.15, 0.2) is 59.0 Å². The number of carbonyl (C=O) groups is 2. The third-order valence-corrected chi connectivity index (χ3v) is 3.46. The van der Waals surface area contributed by atoms with Gasteiger partial charge in [-0.1, -0.05) is 24.3 Å². The average Bonchev–Trinajstić information content (AvgIpc) is 3.12. The second-order valence-corrected chi connectivity index (χ2v) is 5.43. The number of carbonyl (C=O) groups excluding carboxylic acids is 2. The second-order valence-electron chi connectivity index (χ2n) is 5.43. The van der Waals surface area contributed by atoms with Crippen LogP contribution in [0.5, 0.6) is 0 Å². The van der Waals surface area contributed by atoms with E-state index in [0.29, 0.717) is 11.6 Å². The summed E-state index contributed by atoms with van der Waals surface area (Å²) in [6.45, 7) is 1.63. The molecule has 3 rings (SSSR count). The summed E-state index contributed by atoms with van der Waals surface area (Å²) in [5.74, 6) is -0.0649. The topological polar surface area (TPSA) is 120 Å². The van der Waals surface area contributed by atoms with Crippen LogP contribution in [0, 0.1) is 0 Å². The minimum atomic E-state index is -0.736. The third-order valence-electron chi connectivity index (χ3n) is 3.46. The van der Waals surface area contributed by atoms with Crippen LogP contribution in [0.3, 0.4) is 0 Å². The van der Waals surface area contributed by atoms with Crippen molar-refractivity contribution >= 4 is 17.7 Å². The Labute approximate surface area is 149 Å². The van der Waals surface area contributed by atoms with Gasteiger partial charge in [0.15, 0.2) is 6.10 Å². The molecule has 3 N–H and O–H groups in total. The molecular weight excluding hydrogens is 336 g/mol. The zero-order valence-corrected chi connectivity index (χ0v) is 13.9. The quantitative estimate of drug-likeness (QED) is 0.681. The van der Waals surface area contributed by atoms with E-state index in [-0.39, 0.29) is 11.5 Å². The number of benzene rings is 2. The van der Waals surface area contributed by atoms with Crippen molar-refractivity contribution < 1.29 is 18.7 Å². The highest BCUT2D eigenvalue weighted by Gasteiger charge is 2.20. The maximum Gasteiger partial charge on any atom is 0.338 e. The molecule has 3 aromatic rings. The maximum atomic E-state index is 12.3. The fourth-order valence-corrected chi connectivity index (χ4v) is 2.24. The highest BCUT2D eigenvalue weighted by atomic mass is 16.6. The van der Waals surface area contributed by atoms with Gasteiger partial charge >= 0.3 is 12.0 Å². The summed E-state index contributed by atoms with van der Waals surface area (Å²) in [5.41, 5.74) is 6.48. The predicted molar refractivity (Wildman–Crippen MR) is 93.2 cm³/mol. The first-order valence-corrected chi connectivity index (χ1v) is 7.79. The molecule has 0 fully saturated rings. The lowest BCUT2D eigenvalue weighted by Crippen LogP contribution is -2.19. The van der Waals surface area contributed by atoms with Crippen molar-refractivity contribution in [2.24, 2.45) is 5.73 Å². The number of urea groups is 1. The molecule has 2 amide bonds. The van der Waals surface area contributed by atoms with Gasteiger partial charge in [-0.05, 0) is 37.3 Å². The van der Waals surface area contributed by atoms with Crippen molar-refractivity contribution in [1.82, 2.24) is 10.2 Å². The first kappa shape index (κ1) is 17.2. The van der Waals surface area contributed by atoms with Crippen molar-refractivity contribution in [2.45, 2.75) is 13.0 Å².